The number of methoxy groups -OCH3 is 2. The molecule has 1 aromatic carbocycles. The van der Waals surface area contributed by atoms with Gasteiger partial charge in [0.15, 0.2) is 0 Å². The summed E-state index contributed by atoms with van der Waals surface area (Å²) in [7, 11) is -0.751. The Balaban J connectivity index is 3.29. The van der Waals surface area contributed by atoms with Crippen molar-refractivity contribution in [2.75, 3.05) is 37.9 Å². The largest absolute Gasteiger partial charge is 0.497 e. The minimum absolute atomic E-state index is 0.255. The maximum absolute atomic E-state index is 12.0. The lowest BCUT2D eigenvalue weighted by Gasteiger charge is -2.24. The van der Waals surface area contributed by atoms with E-state index < -0.39 is 15.9 Å². The molecular weight excluding hydrogens is 296 g/mol. The molecule has 7 nitrogen and oxygen atoms in total. The lowest BCUT2D eigenvalue weighted by molar-refractivity contribution is -0.119. The topological polar surface area (TPSA) is 84.9 Å². The van der Waals surface area contributed by atoms with Crippen molar-refractivity contribution in [2.24, 2.45) is 0 Å². The number of hydrogen-bond acceptors (Lipinski definition) is 5. The second-order valence-corrected chi connectivity index (χ2v) is 6.17. The fourth-order valence-corrected chi connectivity index (χ4v) is 2.61. The number of anilines is 1. The molecule has 1 rings (SSSR count). The Morgan fingerprint density at radius 3 is 2.43 bits per heavy atom. The van der Waals surface area contributed by atoms with Gasteiger partial charge >= 0.3 is 0 Å². The van der Waals surface area contributed by atoms with Crippen molar-refractivity contribution in [2.45, 2.75) is 6.92 Å². The Morgan fingerprint density at radius 1 is 1.29 bits per heavy atom. The Bertz CT molecular complexity index is 601. The predicted octanol–water partition coefficient (Wildman–Crippen LogP) is 0.606. The highest BCUT2D eigenvalue weighted by atomic mass is 32.2. The van der Waals surface area contributed by atoms with Crippen LogP contribution in [-0.4, -0.2) is 47.9 Å². The molecule has 0 bridgehead atoms. The zero-order valence-corrected chi connectivity index (χ0v) is 13.4. The minimum atomic E-state index is -3.65. The average molecular weight is 316 g/mol. The van der Waals surface area contributed by atoms with E-state index in [1.807, 2.05) is 0 Å². The second-order valence-electron chi connectivity index (χ2n) is 4.26. The molecule has 0 radical (unpaired) electrons. The summed E-state index contributed by atoms with van der Waals surface area (Å²) in [6.07, 6.45) is 1.03. The molecule has 1 aromatic rings. The number of ether oxygens (including phenoxy) is 2. The third kappa shape index (κ3) is 4.52. The van der Waals surface area contributed by atoms with Gasteiger partial charge in [-0.2, -0.15) is 0 Å². The molecule has 0 spiro atoms. The number of sulfonamides is 1. The van der Waals surface area contributed by atoms with Crippen molar-refractivity contribution in [1.29, 1.82) is 0 Å². The Hall–Kier alpha value is -1.96. The zero-order chi connectivity index (χ0) is 16.0. The van der Waals surface area contributed by atoms with Gasteiger partial charge in [0, 0.05) is 12.6 Å². The molecule has 0 aliphatic rings. The SMILES string of the molecule is CCNC(=O)CN(c1cc(OC)ccc1OC)S(C)(=O)=O. The fourth-order valence-electron chi connectivity index (χ4n) is 1.76. The molecule has 0 aromatic heterocycles. The smallest absolute Gasteiger partial charge is 0.240 e. The number of benzene rings is 1. The lowest BCUT2D eigenvalue weighted by Crippen LogP contribution is -2.40. The number of carbonyl (C=O) groups is 1. The van der Waals surface area contributed by atoms with E-state index in [0.29, 0.717) is 18.0 Å². The summed E-state index contributed by atoms with van der Waals surface area (Å²) >= 11 is 0. The molecule has 0 fully saturated rings. The van der Waals surface area contributed by atoms with Gasteiger partial charge in [-0.1, -0.05) is 0 Å². The summed E-state index contributed by atoms with van der Waals surface area (Å²) in [5.41, 5.74) is 0.255. The molecule has 0 aliphatic heterocycles. The van der Waals surface area contributed by atoms with Crippen molar-refractivity contribution in [3.05, 3.63) is 18.2 Å². The third-order valence-corrected chi connectivity index (χ3v) is 3.84. The number of nitrogens with zero attached hydrogens (tertiary/aromatic N) is 1. The van der Waals surface area contributed by atoms with Gasteiger partial charge in [-0.15, -0.1) is 0 Å². The molecule has 0 unspecified atom stereocenters. The molecule has 0 heterocycles. The van der Waals surface area contributed by atoms with Crippen LogP contribution in [0.5, 0.6) is 11.5 Å². The summed E-state index contributed by atoms with van der Waals surface area (Å²) in [6.45, 7) is 1.86. The van der Waals surface area contributed by atoms with Crippen LogP contribution in [0.1, 0.15) is 6.92 Å². The number of rotatable bonds is 7. The number of amides is 1. The van der Waals surface area contributed by atoms with Gasteiger partial charge < -0.3 is 14.8 Å². The standard InChI is InChI=1S/C13H20N2O5S/c1-5-14-13(16)9-15(21(4,17)18)11-8-10(19-2)6-7-12(11)20-3/h6-8H,5,9H2,1-4H3,(H,14,16). The van der Waals surface area contributed by atoms with Gasteiger partial charge in [-0.25, -0.2) is 8.42 Å². The highest BCUT2D eigenvalue weighted by Crippen LogP contribution is 2.33. The van der Waals surface area contributed by atoms with E-state index >= 15 is 0 Å². The molecule has 1 amide bonds. The van der Waals surface area contributed by atoms with Crippen LogP contribution in [0.4, 0.5) is 5.69 Å². The van der Waals surface area contributed by atoms with Gasteiger partial charge in [-0.05, 0) is 19.1 Å². The highest BCUT2D eigenvalue weighted by molar-refractivity contribution is 7.92. The normalized spacial score (nSPS) is 10.9. The number of hydrogen-bond donors (Lipinski definition) is 1. The maximum atomic E-state index is 12.0. The van der Waals surface area contributed by atoms with Crippen molar-refractivity contribution >= 4 is 21.6 Å². The lowest BCUT2D eigenvalue weighted by atomic mass is 10.2. The van der Waals surface area contributed by atoms with Crippen LogP contribution in [0, 0.1) is 0 Å². The highest BCUT2D eigenvalue weighted by Gasteiger charge is 2.24. The van der Waals surface area contributed by atoms with Crippen LogP contribution in [0.2, 0.25) is 0 Å². The summed E-state index contributed by atoms with van der Waals surface area (Å²) in [5, 5.41) is 2.57. The van der Waals surface area contributed by atoms with Gasteiger partial charge in [0.25, 0.3) is 0 Å². The molecule has 1 N–H and O–H groups in total. The van der Waals surface area contributed by atoms with Gasteiger partial charge in [0.2, 0.25) is 15.9 Å². The molecule has 8 heteroatoms. The van der Waals surface area contributed by atoms with Crippen molar-refractivity contribution < 1.29 is 22.7 Å². The first kappa shape index (κ1) is 17.1. The molecule has 118 valence electrons. The molecule has 0 aliphatic carbocycles. The van der Waals surface area contributed by atoms with E-state index in [-0.39, 0.29) is 12.2 Å². The quantitative estimate of drug-likeness (QED) is 0.796. The second kappa shape index (κ2) is 7.16. The van der Waals surface area contributed by atoms with Crippen LogP contribution in [-0.2, 0) is 14.8 Å². The van der Waals surface area contributed by atoms with Gasteiger partial charge in [0.05, 0.1) is 26.2 Å². The van der Waals surface area contributed by atoms with E-state index in [0.717, 1.165) is 10.6 Å². The molecular formula is C13H20N2O5S. The molecule has 0 saturated heterocycles. The first-order valence-electron chi connectivity index (χ1n) is 6.30. The Kier molecular flexibility index (Phi) is 5.83. The fraction of sp³-hybridized carbons (Fsp3) is 0.462. The Morgan fingerprint density at radius 2 is 1.95 bits per heavy atom. The zero-order valence-electron chi connectivity index (χ0n) is 12.5. The van der Waals surface area contributed by atoms with Crippen LogP contribution >= 0.6 is 0 Å². The van der Waals surface area contributed by atoms with Gasteiger partial charge in [-0.3, -0.25) is 9.10 Å². The van der Waals surface area contributed by atoms with E-state index in [2.05, 4.69) is 5.32 Å². The number of likely N-dealkylation sites (N-methyl/N-ethyl adjacent to an activating group) is 1. The van der Waals surface area contributed by atoms with E-state index in [1.165, 1.54) is 20.3 Å². The van der Waals surface area contributed by atoms with Gasteiger partial charge in [0.1, 0.15) is 18.0 Å². The van der Waals surface area contributed by atoms with Crippen LogP contribution in [0.3, 0.4) is 0 Å². The summed E-state index contributed by atoms with van der Waals surface area (Å²) in [4.78, 5) is 11.7. The predicted molar refractivity (Wildman–Crippen MR) is 80.4 cm³/mol. The summed E-state index contributed by atoms with van der Waals surface area (Å²) < 4.78 is 35.2. The summed E-state index contributed by atoms with van der Waals surface area (Å²) in [6, 6.07) is 4.75. The Labute approximate surface area is 124 Å². The van der Waals surface area contributed by atoms with E-state index in [9.17, 15) is 13.2 Å². The molecule has 0 atom stereocenters. The summed E-state index contributed by atoms with van der Waals surface area (Å²) in [5.74, 6) is 0.411. The minimum Gasteiger partial charge on any atom is -0.497 e. The monoisotopic (exact) mass is 316 g/mol. The average Bonchev–Trinajstić information content (AvgIpc) is 2.43. The van der Waals surface area contributed by atoms with Crippen LogP contribution in [0.25, 0.3) is 0 Å². The van der Waals surface area contributed by atoms with E-state index in [4.69, 9.17) is 9.47 Å². The van der Waals surface area contributed by atoms with Crippen LogP contribution < -0.4 is 19.1 Å². The van der Waals surface area contributed by atoms with Crippen molar-refractivity contribution in [3.8, 4) is 11.5 Å². The van der Waals surface area contributed by atoms with Crippen molar-refractivity contribution in [1.82, 2.24) is 5.32 Å². The molecule has 0 saturated carbocycles. The first-order valence-corrected chi connectivity index (χ1v) is 8.14. The van der Waals surface area contributed by atoms with E-state index in [1.54, 1.807) is 19.1 Å². The molecule has 21 heavy (non-hydrogen) atoms. The maximum Gasteiger partial charge on any atom is 0.240 e. The number of carbonyl (C=O) groups excluding carboxylic acids is 1. The van der Waals surface area contributed by atoms with Crippen LogP contribution in [0.15, 0.2) is 18.2 Å². The first-order chi connectivity index (χ1) is 9.83. The number of nitrogens with one attached hydrogen (secondary N) is 1. The third-order valence-electron chi connectivity index (χ3n) is 2.72. The van der Waals surface area contributed by atoms with Crippen molar-refractivity contribution in [3.63, 3.8) is 0 Å².